The van der Waals surface area contributed by atoms with Crippen molar-refractivity contribution in [1.29, 1.82) is 0 Å². The first kappa shape index (κ1) is 10.2. The molecule has 0 aliphatic rings. The number of hydrogen-bond donors (Lipinski definition) is 1. The molecule has 0 bridgehead atoms. The Morgan fingerprint density at radius 1 is 1.47 bits per heavy atom. The largest absolute Gasteiger partial charge is 0.477 e. The maximum absolute atomic E-state index is 11.0. The highest BCUT2D eigenvalue weighted by atomic mass is 32.1. The number of rotatable bonds is 2. The van der Waals surface area contributed by atoms with Gasteiger partial charge in [0.15, 0.2) is 0 Å². The fourth-order valence-electron chi connectivity index (χ4n) is 1.78. The Balaban J connectivity index is 2.78. The summed E-state index contributed by atoms with van der Waals surface area (Å²) in [6.07, 6.45) is 0.769. The monoisotopic (exact) mass is 220 g/mol. The molecule has 78 valence electrons. The average Bonchev–Trinajstić information content (AvgIpc) is 2.55. The van der Waals surface area contributed by atoms with Crippen LogP contribution in [0.15, 0.2) is 18.2 Å². The predicted octanol–water partition coefficient (Wildman–Crippen LogP) is 3.47. The molecular formula is C12H12O2S. The standard InChI is InChI=1S/C12H12O2S/c1-3-8-9-5-4-7(2)6-10(9)15-11(8)12(13)14/h4-6H,3H2,1-2H3,(H,13,14). The van der Waals surface area contributed by atoms with E-state index in [0.29, 0.717) is 4.88 Å². The summed E-state index contributed by atoms with van der Waals surface area (Å²) in [4.78, 5) is 11.5. The molecule has 0 fully saturated rings. The van der Waals surface area contributed by atoms with Crippen molar-refractivity contribution in [2.45, 2.75) is 20.3 Å². The molecule has 0 radical (unpaired) electrons. The number of benzene rings is 1. The van der Waals surface area contributed by atoms with E-state index < -0.39 is 5.97 Å². The number of fused-ring (bicyclic) bond motifs is 1. The Hall–Kier alpha value is -1.35. The van der Waals surface area contributed by atoms with E-state index >= 15 is 0 Å². The first-order valence-electron chi connectivity index (χ1n) is 4.88. The fourth-order valence-corrected chi connectivity index (χ4v) is 3.01. The van der Waals surface area contributed by atoms with Gasteiger partial charge in [-0.05, 0) is 35.9 Å². The Labute approximate surface area is 92.2 Å². The molecule has 1 N–H and O–H groups in total. The van der Waals surface area contributed by atoms with Crippen molar-refractivity contribution in [2.24, 2.45) is 0 Å². The van der Waals surface area contributed by atoms with Crippen LogP contribution in [0.25, 0.3) is 10.1 Å². The highest BCUT2D eigenvalue weighted by Crippen LogP contribution is 2.32. The molecule has 1 heterocycles. The van der Waals surface area contributed by atoms with Crippen molar-refractivity contribution in [3.8, 4) is 0 Å². The highest BCUT2D eigenvalue weighted by Gasteiger charge is 2.15. The van der Waals surface area contributed by atoms with Crippen LogP contribution < -0.4 is 0 Å². The minimum atomic E-state index is -0.814. The van der Waals surface area contributed by atoms with Gasteiger partial charge in [-0.25, -0.2) is 4.79 Å². The molecule has 1 aromatic heterocycles. The summed E-state index contributed by atoms with van der Waals surface area (Å²) in [6.45, 7) is 4.01. The minimum absolute atomic E-state index is 0.484. The van der Waals surface area contributed by atoms with Crippen molar-refractivity contribution in [3.05, 3.63) is 34.2 Å². The maximum Gasteiger partial charge on any atom is 0.346 e. The number of thiophene rings is 1. The second kappa shape index (κ2) is 3.66. The first-order chi connectivity index (χ1) is 7.13. The number of carboxylic acid groups (broad SMARTS) is 1. The molecule has 2 aromatic rings. The van der Waals surface area contributed by atoms with Gasteiger partial charge in [-0.1, -0.05) is 19.1 Å². The summed E-state index contributed by atoms with van der Waals surface area (Å²) in [5, 5.41) is 10.2. The Morgan fingerprint density at radius 2 is 2.20 bits per heavy atom. The Kier molecular flexibility index (Phi) is 2.49. The van der Waals surface area contributed by atoms with Gasteiger partial charge >= 0.3 is 5.97 Å². The summed E-state index contributed by atoms with van der Waals surface area (Å²) in [6, 6.07) is 6.10. The molecule has 0 saturated carbocycles. The molecule has 0 aliphatic carbocycles. The second-order valence-corrected chi connectivity index (χ2v) is 4.62. The van der Waals surface area contributed by atoms with Gasteiger partial charge in [0.05, 0.1) is 0 Å². The van der Waals surface area contributed by atoms with E-state index in [2.05, 4.69) is 0 Å². The number of hydrogen-bond acceptors (Lipinski definition) is 2. The molecular weight excluding hydrogens is 208 g/mol. The second-order valence-electron chi connectivity index (χ2n) is 3.57. The van der Waals surface area contributed by atoms with Crippen molar-refractivity contribution in [1.82, 2.24) is 0 Å². The van der Waals surface area contributed by atoms with Crippen molar-refractivity contribution in [3.63, 3.8) is 0 Å². The third kappa shape index (κ3) is 1.63. The molecule has 0 aliphatic heterocycles. The molecule has 1 aromatic carbocycles. The number of aromatic carboxylic acids is 1. The van der Waals surface area contributed by atoms with Gasteiger partial charge in [0, 0.05) is 4.70 Å². The van der Waals surface area contributed by atoms with E-state index in [1.807, 2.05) is 32.0 Å². The van der Waals surface area contributed by atoms with E-state index in [1.54, 1.807) is 0 Å². The molecule has 0 amide bonds. The van der Waals surface area contributed by atoms with E-state index in [4.69, 9.17) is 5.11 Å². The molecule has 0 saturated heterocycles. The molecule has 0 atom stereocenters. The van der Waals surface area contributed by atoms with Gasteiger partial charge in [-0.2, -0.15) is 0 Å². The van der Waals surface area contributed by atoms with Crippen LogP contribution in [-0.2, 0) is 6.42 Å². The van der Waals surface area contributed by atoms with Crippen LogP contribution in [0.3, 0.4) is 0 Å². The van der Waals surface area contributed by atoms with Crippen LogP contribution in [-0.4, -0.2) is 11.1 Å². The maximum atomic E-state index is 11.0. The molecule has 2 rings (SSSR count). The number of carbonyl (C=O) groups is 1. The summed E-state index contributed by atoms with van der Waals surface area (Å²) in [5.41, 5.74) is 2.13. The quantitative estimate of drug-likeness (QED) is 0.841. The van der Waals surface area contributed by atoms with Gasteiger partial charge in [-0.3, -0.25) is 0 Å². The lowest BCUT2D eigenvalue weighted by Crippen LogP contribution is -1.96. The normalized spacial score (nSPS) is 10.8. The third-order valence-corrected chi connectivity index (χ3v) is 3.68. The zero-order valence-electron chi connectivity index (χ0n) is 8.70. The SMILES string of the molecule is CCc1c(C(=O)O)sc2cc(C)ccc12. The first-order valence-corrected chi connectivity index (χ1v) is 5.70. The third-order valence-electron chi connectivity index (χ3n) is 2.50. The van der Waals surface area contributed by atoms with E-state index in [9.17, 15) is 4.79 Å². The summed E-state index contributed by atoms with van der Waals surface area (Å²) < 4.78 is 1.07. The fraction of sp³-hybridized carbons (Fsp3) is 0.250. The zero-order chi connectivity index (χ0) is 11.0. The van der Waals surface area contributed by atoms with Gasteiger partial charge in [0.25, 0.3) is 0 Å². The zero-order valence-corrected chi connectivity index (χ0v) is 9.52. The lowest BCUT2D eigenvalue weighted by Gasteiger charge is -1.96. The van der Waals surface area contributed by atoms with Crippen molar-refractivity contribution >= 4 is 27.4 Å². The smallest absolute Gasteiger partial charge is 0.346 e. The van der Waals surface area contributed by atoms with Gasteiger partial charge in [-0.15, -0.1) is 11.3 Å². The lowest BCUT2D eigenvalue weighted by molar-refractivity contribution is 0.0701. The van der Waals surface area contributed by atoms with Crippen molar-refractivity contribution < 1.29 is 9.90 Å². The Bertz CT molecular complexity index is 526. The van der Waals surface area contributed by atoms with E-state index in [0.717, 1.165) is 22.1 Å². The Morgan fingerprint density at radius 3 is 2.80 bits per heavy atom. The van der Waals surface area contributed by atoms with E-state index in [-0.39, 0.29) is 0 Å². The molecule has 15 heavy (non-hydrogen) atoms. The molecule has 3 heteroatoms. The van der Waals surface area contributed by atoms with Crippen LogP contribution in [0.1, 0.15) is 27.7 Å². The topological polar surface area (TPSA) is 37.3 Å². The minimum Gasteiger partial charge on any atom is -0.477 e. The molecule has 2 nitrogen and oxygen atoms in total. The number of carboxylic acids is 1. The van der Waals surface area contributed by atoms with E-state index in [1.165, 1.54) is 16.9 Å². The van der Waals surface area contributed by atoms with Crippen LogP contribution in [0.2, 0.25) is 0 Å². The van der Waals surface area contributed by atoms with Gasteiger partial charge in [0.2, 0.25) is 0 Å². The summed E-state index contributed by atoms with van der Waals surface area (Å²) in [7, 11) is 0. The average molecular weight is 220 g/mol. The highest BCUT2D eigenvalue weighted by molar-refractivity contribution is 7.21. The van der Waals surface area contributed by atoms with Crippen LogP contribution >= 0.6 is 11.3 Å². The van der Waals surface area contributed by atoms with Crippen molar-refractivity contribution in [2.75, 3.05) is 0 Å². The van der Waals surface area contributed by atoms with Gasteiger partial charge in [0.1, 0.15) is 4.88 Å². The summed E-state index contributed by atoms with van der Waals surface area (Å²) in [5.74, 6) is -0.814. The lowest BCUT2D eigenvalue weighted by atomic mass is 10.1. The van der Waals surface area contributed by atoms with Crippen LogP contribution in [0.5, 0.6) is 0 Å². The molecule has 0 spiro atoms. The predicted molar refractivity (Wildman–Crippen MR) is 62.9 cm³/mol. The van der Waals surface area contributed by atoms with Crippen LogP contribution in [0, 0.1) is 6.92 Å². The van der Waals surface area contributed by atoms with Crippen LogP contribution in [0.4, 0.5) is 0 Å². The molecule has 0 unspecified atom stereocenters. The number of aryl methyl sites for hydroxylation is 2. The summed E-state index contributed by atoms with van der Waals surface area (Å²) >= 11 is 1.37. The van der Waals surface area contributed by atoms with Gasteiger partial charge < -0.3 is 5.11 Å².